The summed E-state index contributed by atoms with van der Waals surface area (Å²) in [5.41, 5.74) is 0. The van der Waals surface area contributed by atoms with Crippen LogP contribution in [0.25, 0.3) is 0 Å². The standard InChI is InChI=1S/C13H27N3O4S/c1-10(16-8-11(2)20-12(3)9-16)7-14-13(17)5-6-15-21(4,18)19/h10-12,15H,5-9H2,1-4H3,(H,14,17)/t10-,11-,12+/m0/s1. The van der Waals surface area contributed by atoms with Crippen molar-refractivity contribution in [3.63, 3.8) is 0 Å². The number of hydrogen-bond acceptors (Lipinski definition) is 5. The number of ether oxygens (including phenoxy) is 1. The number of rotatable bonds is 7. The minimum absolute atomic E-state index is 0.130. The van der Waals surface area contributed by atoms with Gasteiger partial charge in [0.05, 0.1) is 18.5 Å². The maximum Gasteiger partial charge on any atom is 0.221 e. The van der Waals surface area contributed by atoms with E-state index in [4.69, 9.17) is 4.74 Å². The Kier molecular flexibility index (Phi) is 7.05. The smallest absolute Gasteiger partial charge is 0.221 e. The van der Waals surface area contributed by atoms with Gasteiger partial charge < -0.3 is 10.1 Å². The number of carbonyl (C=O) groups is 1. The molecule has 0 aromatic carbocycles. The highest BCUT2D eigenvalue weighted by molar-refractivity contribution is 7.88. The molecule has 1 rings (SSSR count). The fourth-order valence-corrected chi connectivity index (χ4v) is 2.88. The molecule has 3 atom stereocenters. The van der Waals surface area contributed by atoms with Crippen molar-refractivity contribution < 1.29 is 17.9 Å². The Morgan fingerprint density at radius 3 is 2.43 bits per heavy atom. The van der Waals surface area contributed by atoms with Crippen molar-refractivity contribution in [2.24, 2.45) is 0 Å². The molecule has 0 unspecified atom stereocenters. The predicted molar refractivity (Wildman–Crippen MR) is 81.5 cm³/mol. The Morgan fingerprint density at radius 1 is 1.33 bits per heavy atom. The van der Waals surface area contributed by atoms with Gasteiger partial charge in [0.2, 0.25) is 15.9 Å². The van der Waals surface area contributed by atoms with Gasteiger partial charge in [0.25, 0.3) is 0 Å². The van der Waals surface area contributed by atoms with Crippen LogP contribution < -0.4 is 10.0 Å². The Morgan fingerprint density at radius 2 is 1.90 bits per heavy atom. The normalized spacial score (nSPS) is 25.5. The molecule has 1 saturated heterocycles. The SMILES string of the molecule is C[C@@H]1CN([C@@H](C)CNC(=O)CCNS(C)(=O)=O)C[C@H](C)O1. The lowest BCUT2D eigenvalue weighted by atomic mass is 10.1. The van der Waals surface area contributed by atoms with E-state index in [9.17, 15) is 13.2 Å². The molecular weight excluding hydrogens is 294 g/mol. The summed E-state index contributed by atoms with van der Waals surface area (Å²) in [6.07, 6.45) is 1.63. The van der Waals surface area contributed by atoms with Crippen molar-refractivity contribution in [3.8, 4) is 0 Å². The lowest BCUT2D eigenvalue weighted by Gasteiger charge is -2.39. The third kappa shape index (κ3) is 7.75. The van der Waals surface area contributed by atoms with Gasteiger partial charge in [-0.2, -0.15) is 0 Å². The first kappa shape index (κ1) is 18.3. The van der Waals surface area contributed by atoms with E-state index in [0.29, 0.717) is 6.54 Å². The monoisotopic (exact) mass is 321 g/mol. The van der Waals surface area contributed by atoms with Crippen molar-refractivity contribution in [2.75, 3.05) is 32.4 Å². The van der Waals surface area contributed by atoms with Crippen LogP contribution in [0.1, 0.15) is 27.2 Å². The van der Waals surface area contributed by atoms with Gasteiger partial charge in [-0.15, -0.1) is 0 Å². The van der Waals surface area contributed by atoms with E-state index in [1.54, 1.807) is 0 Å². The van der Waals surface area contributed by atoms with Gasteiger partial charge in [0, 0.05) is 38.6 Å². The molecule has 1 aliphatic heterocycles. The van der Waals surface area contributed by atoms with Crippen LogP contribution in [-0.4, -0.2) is 69.9 Å². The van der Waals surface area contributed by atoms with E-state index >= 15 is 0 Å². The second-order valence-corrected chi connectivity index (χ2v) is 7.61. The average Bonchev–Trinajstić information content (AvgIpc) is 2.33. The summed E-state index contributed by atoms with van der Waals surface area (Å²) in [4.78, 5) is 14.0. The van der Waals surface area contributed by atoms with Crippen LogP contribution in [0, 0.1) is 0 Å². The molecule has 1 amide bonds. The molecule has 21 heavy (non-hydrogen) atoms. The predicted octanol–water partition coefficient (Wildman–Crippen LogP) is -0.460. The van der Waals surface area contributed by atoms with Gasteiger partial charge in [0.1, 0.15) is 0 Å². The third-order valence-electron chi connectivity index (χ3n) is 3.38. The summed E-state index contributed by atoms with van der Waals surface area (Å²) in [7, 11) is -3.23. The summed E-state index contributed by atoms with van der Waals surface area (Å²) in [5, 5.41) is 2.84. The number of nitrogens with one attached hydrogen (secondary N) is 2. The fourth-order valence-electron chi connectivity index (χ4n) is 2.41. The highest BCUT2D eigenvalue weighted by Crippen LogP contribution is 2.13. The van der Waals surface area contributed by atoms with Crippen molar-refractivity contribution in [1.82, 2.24) is 14.9 Å². The summed E-state index contributed by atoms with van der Waals surface area (Å²) in [5.74, 6) is -0.146. The topological polar surface area (TPSA) is 87.7 Å². The zero-order valence-corrected chi connectivity index (χ0v) is 14.1. The van der Waals surface area contributed by atoms with Crippen LogP contribution >= 0.6 is 0 Å². The van der Waals surface area contributed by atoms with Gasteiger partial charge in [-0.1, -0.05) is 0 Å². The molecule has 0 bridgehead atoms. The maximum absolute atomic E-state index is 11.7. The highest BCUT2D eigenvalue weighted by atomic mass is 32.2. The summed E-state index contributed by atoms with van der Waals surface area (Å²) < 4.78 is 29.8. The first-order valence-corrected chi connectivity index (χ1v) is 9.17. The van der Waals surface area contributed by atoms with Crippen molar-refractivity contribution in [3.05, 3.63) is 0 Å². The molecule has 0 spiro atoms. The molecule has 0 aliphatic carbocycles. The summed E-state index contributed by atoms with van der Waals surface area (Å²) in [6, 6.07) is 0.227. The lowest BCUT2D eigenvalue weighted by Crippen LogP contribution is -2.52. The first-order valence-electron chi connectivity index (χ1n) is 7.28. The number of morpholine rings is 1. The van der Waals surface area contributed by atoms with Crippen LogP contribution in [0.3, 0.4) is 0 Å². The number of nitrogens with zero attached hydrogens (tertiary/aromatic N) is 1. The quantitative estimate of drug-likeness (QED) is 0.662. The van der Waals surface area contributed by atoms with Gasteiger partial charge in [-0.25, -0.2) is 13.1 Å². The van der Waals surface area contributed by atoms with E-state index in [-0.39, 0.29) is 37.1 Å². The highest BCUT2D eigenvalue weighted by Gasteiger charge is 2.25. The molecule has 8 heteroatoms. The van der Waals surface area contributed by atoms with Crippen LogP contribution in [0.4, 0.5) is 0 Å². The number of amides is 1. The summed E-state index contributed by atoms with van der Waals surface area (Å²) in [6.45, 7) is 8.56. The van der Waals surface area contributed by atoms with Gasteiger partial charge in [-0.3, -0.25) is 9.69 Å². The third-order valence-corrected chi connectivity index (χ3v) is 4.11. The van der Waals surface area contributed by atoms with Crippen LogP contribution in [0.5, 0.6) is 0 Å². The molecule has 2 N–H and O–H groups in total. The van der Waals surface area contributed by atoms with Gasteiger partial charge in [0.15, 0.2) is 0 Å². The molecule has 7 nitrogen and oxygen atoms in total. The van der Waals surface area contributed by atoms with Crippen molar-refractivity contribution in [1.29, 1.82) is 0 Å². The molecule has 0 aromatic rings. The molecule has 1 heterocycles. The maximum atomic E-state index is 11.7. The molecular formula is C13H27N3O4S. The van der Waals surface area contributed by atoms with Crippen molar-refractivity contribution in [2.45, 2.75) is 45.4 Å². The van der Waals surface area contributed by atoms with Crippen LogP contribution in [-0.2, 0) is 19.6 Å². The zero-order valence-electron chi connectivity index (χ0n) is 13.3. The van der Waals surface area contributed by atoms with Gasteiger partial charge in [-0.05, 0) is 20.8 Å². The minimum Gasteiger partial charge on any atom is -0.373 e. The first-order chi connectivity index (χ1) is 9.67. The Hall–Kier alpha value is -0.700. The molecule has 0 radical (unpaired) electrons. The van der Waals surface area contributed by atoms with E-state index in [0.717, 1.165) is 19.3 Å². The largest absolute Gasteiger partial charge is 0.373 e. The molecule has 0 saturated carbocycles. The number of sulfonamides is 1. The van der Waals surface area contributed by atoms with Crippen molar-refractivity contribution >= 4 is 15.9 Å². The Bertz CT molecular complexity index is 431. The van der Waals surface area contributed by atoms with Crippen LogP contribution in [0.15, 0.2) is 0 Å². The molecule has 1 fully saturated rings. The van der Waals surface area contributed by atoms with Crippen LogP contribution in [0.2, 0.25) is 0 Å². The minimum atomic E-state index is -3.23. The van der Waals surface area contributed by atoms with E-state index in [1.807, 2.05) is 13.8 Å². The fraction of sp³-hybridized carbons (Fsp3) is 0.923. The second kappa shape index (κ2) is 8.07. The molecule has 0 aromatic heterocycles. The Balaban J connectivity index is 2.25. The summed E-state index contributed by atoms with van der Waals surface area (Å²) >= 11 is 0. The van der Waals surface area contributed by atoms with E-state index in [2.05, 4.69) is 21.9 Å². The second-order valence-electron chi connectivity index (χ2n) is 5.78. The van der Waals surface area contributed by atoms with E-state index in [1.165, 1.54) is 0 Å². The number of carbonyl (C=O) groups excluding carboxylic acids is 1. The lowest BCUT2D eigenvalue weighted by molar-refractivity contribution is -0.121. The van der Waals surface area contributed by atoms with Gasteiger partial charge >= 0.3 is 0 Å². The molecule has 124 valence electrons. The average molecular weight is 321 g/mol. The number of hydrogen-bond donors (Lipinski definition) is 2. The van der Waals surface area contributed by atoms with E-state index < -0.39 is 10.0 Å². The molecule has 1 aliphatic rings. The zero-order chi connectivity index (χ0) is 16.0. The Labute approximate surface area is 127 Å².